The molecule has 6 heteroatoms. The van der Waals surface area contributed by atoms with Crippen LogP contribution in [0.3, 0.4) is 0 Å². The topological polar surface area (TPSA) is 61.2 Å². The Balaban J connectivity index is 1.64. The number of thioether (sulfide) groups is 1. The zero-order valence-corrected chi connectivity index (χ0v) is 17.5. The summed E-state index contributed by atoms with van der Waals surface area (Å²) in [5, 5.41) is 1.16. The Kier molecular flexibility index (Phi) is 5.83. The standard InChI is InChI=1S/C23H24N2O3S/c1-15-9-10-18(16(2)12-15)21(26)14-29-23-24-20-8-4-3-7-19(20)22(27)25(23)13-17-6-5-11-28-17/h3-4,7-10,12,17H,5-6,11,13-14H2,1-2H3. The first-order valence-corrected chi connectivity index (χ1v) is 10.9. The average molecular weight is 409 g/mol. The van der Waals surface area contributed by atoms with E-state index in [2.05, 4.69) is 0 Å². The summed E-state index contributed by atoms with van der Waals surface area (Å²) in [4.78, 5) is 30.6. The Morgan fingerprint density at radius 2 is 2.07 bits per heavy atom. The van der Waals surface area contributed by atoms with Crippen LogP contribution in [0.2, 0.25) is 0 Å². The van der Waals surface area contributed by atoms with Crippen molar-refractivity contribution in [1.29, 1.82) is 0 Å². The third kappa shape index (κ3) is 4.28. The fourth-order valence-corrected chi connectivity index (χ4v) is 4.64. The summed E-state index contributed by atoms with van der Waals surface area (Å²) < 4.78 is 7.42. The number of Topliss-reactive ketones (excluding diaryl/α,β-unsaturated/α-hetero) is 1. The van der Waals surface area contributed by atoms with E-state index < -0.39 is 0 Å². The highest BCUT2D eigenvalue weighted by atomic mass is 32.2. The zero-order chi connectivity index (χ0) is 20.4. The van der Waals surface area contributed by atoms with Crippen molar-refractivity contribution in [2.75, 3.05) is 12.4 Å². The third-order valence-electron chi connectivity index (χ3n) is 5.25. The molecule has 2 heterocycles. The van der Waals surface area contributed by atoms with Gasteiger partial charge in [0.05, 0.1) is 29.3 Å². The number of aryl methyl sites for hydroxylation is 2. The molecule has 4 rings (SSSR count). The van der Waals surface area contributed by atoms with Crippen LogP contribution in [-0.4, -0.2) is 33.8 Å². The molecule has 29 heavy (non-hydrogen) atoms. The number of ether oxygens (including phenoxy) is 1. The first-order valence-electron chi connectivity index (χ1n) is 9.87. The second kappa shape index (κ2) is 8.51. The number of nitrogens with zero attached hydrogens (tertiary/aromatic N) is 2. The quantitative estimate of drug-likeness (QED) is 0.348. The summed E-state index contributed by atoms with van der Waals surface area (Å²) in [6.07, 6.45) is 1.96. The lowest BCUT2D eigenvalue weighted by molar-refractivity contribution is 0.0937. The summed E-state index contributed by atoms with van der Waals surface area (Å²) >= 11 is 1.32. The van der Waals surface area contributed by atoms with E-state index in [0.29, 0.717) is 22.6 Å². The Bertz CT molecular complexity index is 1120. The summed E-state index contributed by atoms with van der Waals surface area (Å²) in [6, 6.07) is 13.2. The molecule has 5 nitrogen and oxygen atoms in total. The van der Waals surface area contributed by atoms with E-state index in [1.807, 2.05) is 50.2 Å². The fourth-order valence-electron chi connectivity index (χ4n) is 3.75. The number of rotatable bonds is 6. The predicted octanol–water partition coefficient (Wildman–Crippen LogP) is 4.17. The van der Waals surface area contributed by atoms with Crippen LogP contribution in [0.5, 0.6) is 0 Å². The predicted molar refractivity (Wildman–Crippen MR) is 116 cm³/mol. The molecule has 1 unspecified atom stereocenters. The molecule has 150 valence electrons. The summed E-state index contributed by atoms with van der Waals surface area (Å²) in [7, 11) is 0. The van der Waals surface area contributed by atoms with Crippen LogP contribution in [-0.2, 0) is 11.3 Å². The van der Waals surface area contributed by atoms with Crippen LogP contribution in [0, 0.1) is 13.8 Å². The lowest BCUT2D eigenvalue weighted by Crippen LogP contribution is -2.29. The zero-order valence-electron chi connectivity index (χ0n) is 16.7. The van der Waals surface area contributed by atoms with Gasteiger partial charge in [0, 0.05) is 12.2 Å². The highest BCUT2D eigenvalue weighted by molar-refractivity contribution is 7.99. The Labute approximate surface area is 174 Å². The smallest absolute Gasteiger partial charge is 0.262 e. The minimum absolute atomic E-state index is 0.0186. The minimum Gasteiger partial charge on any atom is -0.376 e. The third-order valence-corrected chi connectivity index (χ3v) is 6.23. The number of fused-ring (bicyclic) bond motifs is 1. The van der Waals surface area contributed by atoms with Crippen LogP contribution in [0.25, 0.3) is 10.9 Å². The number of benzene rings is 2. The number of hydrogen-bond acceptors (Lipinski definition) is 5. The second-order valence-electron chi connectivity index (χ2n) is 7.49. The van der Waals surface area contributed by atoms with Crippen LogP contribution in [0.1, 0.15) is 34.3 Å². The van der Waals surface area contributed by atoms with Gasteiger partial charge in [0.25, 0.3) is 5.56 Å². The largest absolute Gasteiger partial charge is 0.376 e. The minimum atomic E-state index is -0.0763. The van der Waals surface area contributed by atoms with Crippen LogP contribution >= 0.6 is 11.8 Å². The van der Waals surface area contributed by atoms with Gasteiger partial charge in [0.15, 0.2) is 10.9 Å². The van der Waals surface area contributed by atoms with Gasteiger partial charge in [0.2, 0.25) is 0 Å². The van der Waals surface area contributed by atoms with E-state index in [0.717, 1.165) is 36.1 Å². The molecule has 1 atom stereocenters. The second-order valence-corrected chi connectivity index (χ2v) is 8.44. The number of carbonyl (C=O) groups is 1. The molecular formula is C23H24N2O3S. The average Bonchev–Trinajstić information content (AvgIpc) is 3.22. The molecule has 0 saturated carbocycles. The van der Waals surface area contributed by atoms with Gasteiger partial charge in [-0.05, 0) is 44.4 Å². The monoisotopic (exact) mass is 408 g/mol. The maximum absolute atomic E-state index is 13.1. The van der Waals surface area contributed by atoms with E-state index >= 15 is 0 Å². The molecule has 1 fully saturated rings. The highest BCUT2D eigenvalue weighted by Gasteiger charge is 2.21. The van der Waals surface area contributed by atoms with Crippen molar-refractivity contribution in [3.05, 3.63) is 69.5 Å². The van der Waals surface area contributed by atoms with Gasteiger partial charge >= 0.3 is 0 Å². The molecule has 2 aromatic carbocycles. The molecule has 1 aliphatic rings. The highest BCUT2D eigenvalue weighted by Crippen LogP contribution is 2.22. The van der Waals surface area contributed by atoms with E-state index in [1.165, 1.54) is 11.8 Å². The fraction of sp³-hybridized carbons (Fsp3) is 0.348. The van der Waals surface area contributed by atoms with Crippen molar-refractivity contribution in [3.8, 4) is 0 Å². The van der Waals surface area contributed by atoms with Gasteiger partial charge in [-0.15, -0.1) is 0 Å². The van der Waals surface area contributed by atoms with Gasteiger partial charge in [-0.2, -0.15) is 0 Å². The molecule has 0 aliphatic carbocycles. The number of aromatic nitrogens is 2. The summed E-state index contributed by atoms with van der Waals surface area (Å²) in [6.45, 7) is 5.16. The molecule has 0 bridgehead atoms. The lowest BCUT2D eigenvalue weighted by Gasteiger charge is -2.16. The SMILES string of the molecule is Cc1ccc(C(=O)CSc2nc3ccccc3c(=O)n2CC2CCCO2)c(C)c1. The normalized spacial score (nSPS) is 16.4. The van der Waals surface area contributed by atoms with E-state index in [9.17, 15) is 9.59 Å². The number of para-hydroxylation sites is 1. The first-order chi connectivity index (χ1) is 14.0. The number of hydrogen-bond donors (Lipinski definition) is 0. The molecule has 0 N–H and O–H groups in total. The molecule has 3 aromatic rings. The summed E-state index contributed by atoms with van der Waals surface area (Å²) in [5.41, 5.74) is 3.40. The van der Waals surface area contributed by atoms with Crippen molar-refractivity contribution in [2.45, 2.75) is 44.5 Å². The molecule has 1 saturated heterocycles. The van der Waals surface area contributed by atoms with E-state index in [1.54, 1.807) is 10.6 Å². The lowest BCUT2D eigenvalue weighted by atomic mass is 10.0. The van der Waals surface area contributed by atoms with Gasteiger partial charge in [0.1, 0.15) is 0 Å². The maximum Gasteiger partial charge on any atom is 0.262 e. The molecule has 0 radical (unpaired) electrons. The Morgan fingerprint density at radius 1 is 1.24 bits per heavy atom. The first kappa shape index (κ1) is 19.9. The molecule has 0 amide bonds. The van der Waals surface area contributed by atoms with Crippen LogP contribution in [0.4, 0.5) is 0 Å². The van der Waals surface area contributed by atoms with Crippen LogP contribution < -0.4 is 5.56 Å². The molecule has 1 aliphatic heterocycles. The Hall–Kier alpha value is -2.44. The number of ketones is 1. The maximum atomic E-state index is 13.1. The van der Waals surface area contributed by atoms with Crippen molar-refractivity contribution < 1.29 is 9.53 Å². The van der Waals surface area contributed by atoms with Crippen LogP contribution in [0.15, 0.2) is 52.4 Å². The van der Waals surface area contributed by atoms with Crippen molar-refractivity contribution in [1.82, 2.24) is 9.55 Å². The van der Waals surface area contributed by atoms with Gasteiger partial charge in [-0.3, -0.25) is 14.2 Å². The van der Waals surface area contributed by atoms with Crippen molar-refractivity contribution in [2.24, 2.45) is 0 Å². The van der Waals surface area contributed by atoms with Gasteiger partial charge in [-0.25, -0.2) is 4.98 Å². The van der Waals surface area contributed by atoms with E-state index in [-0.39, 0.29) is 23.2 Å². The van der Waals surface area contributed by atoms with Crippen molar-refractivity contribution in [3.63, 3.8) is 0 Å². The molecule has 0 spiro atoms. The van der Waals surface area contributed by atoms with Gasteiger partial charge in [-0.1, -0.05) is 47.7 Å². The molecular weight excluding hydrogens is 384 g/mol. The van der Waals surface area contributed by atoms with E-state index in [4.69, 9.17) is 9.72 Å². The Morgan fingerprint density at radius 3 is 2.83 bits per heavy atom. The van der Waals surface area contributed by atoms with Crippen molar-refractivity contribution >= 4 is 28.4 Å². The molecule has 1 aromatic heterocycles. The number of carbonyl (C=O) groups excluding carboxylic acids is 1. The van der Waals surface area contributed by atoms with Gasteiger partial charge < -0.3 is 4.74 Å². The summed E-state index contributed by atoms with van der Waals surface area (Å²) in [5.74, 6) is 0.277.